The lowest BCUT2D eigenvalue weighted by atomic mass is 10.1. The van der Waals surface area contributed by atoms with Crippen LogP contribution in [0.2, 0.25) is 0 Å². The molecule has 2 amide bonds. The number of hydrogen-bond donors (Lipinski definition) is 2. The van der Waals surface area contributed by atoms with Crippen LogP contribution in [-0.4, -0.2) is 55.7 Å². The van der Waals surface area contributed by atoms with E-state index in [1.165, 1.54) is 0 Å². The van der Waals surface area contributed by atoms with Gasteiger partial charge in [0.1, 0.15) is 5.69 Å². The molecule has 0 spiro atoms. The maximum absolute atomic E-state index is 12.8. The van der Waals surface area contributed by atoms with Gasteiger partial charge in [0.25, 0.3) is 11.8 Å². The Morgan fingerprint density at radius 3 is 2.61 bits per heavy atom. The number of anilines is 2. The minimum absolute atomic E-state index is 0.267. The van der Waals surface area contributed by atoms with Gasteiger partial charge >= 0.3 is 0 Å². The van der Waals surface area contributed by atoms with E-state index in [-0.39, 0.29) is 17.6 Å². The predicted molar refractivity (Wildman–Crippen MR) is 108 cm³/mol. The molecule has 0 aliphatic carbocycles. The van der Waals surface area contributed by atoms with Crippen LogP contribution >= 0.6 is 0 Å². The van der Waals surface area contributed by atoms with E-state index in [9.17, 15) is 9.59 Å². The first-order valence-corrected chi connectivity index (χ1v) is 9.46. The highest BCUT2D eigenvalue weighted by molar-refractivity contribution is 6.03. The van der Waals surface area contributed by atoms with Crippen molar-refractivity contribution >= 4 is 23.2 Å². The van der Waals surface area contributed by atoms with Gasteiger partial charge in [-0.1, -0.05) is 0 Å². The number of hydrogen-bond acceptors (Lipinski definition) is 5. The van der Waals surface area contributed by atoms with Crippen LogP contribution in [0.5, 0.6) is 0 Å². The van der Waals surface area contributed by atoms with E-state index in [0.717, 1.165) is 30.6 Å². The number of rotatable bonds is 7. The third-order valence-corrected chi connectivity index (χ3v) is 4.77. The van der Waals surface area contributed by atoms with Gasteiger partial charge in [0, 0.05) is 45.7 Å². The van der Waals surface area contributed by atoms with E-state index in [1.807, 2.05) is 47.8 Å². The molecule has 150 valence electrons. The highest BCUT2D eigenvalue weighted by Gasteiger charge is 2.27. The molecule has 1 aliphatic heterocycles. The second-order valence-corrected chi connectivity index (χ2v) is 6.98. The van der Waals surface area contributed by atoms with E-state index in [2.05, 4.69) is 15.6 Å². The van der Waals surface area contributed by atoms with Gasteiger partial charge in [-0.3, -0.25) is 9.59 Å². The van der Waals surface area contributed by atoms with E-state index in [0.29, 0.717) is 31.1 Å². The van der Waals surface area contributed by atoms with Crippen molar-refractivity contribution in [3.8, 4) is 0 Å². The van der Waals surface area contributed by atoms with Crippen molar-refractivity contribution < 1.29 is 14.3 Å². The van der Waals surface area contributed by atoms with Gasteiger partial charge in [-0.05, 0) is 43.5 Å². The van der Waals surface area contributed by atoms with Gasteiger partial charge in [0.2, 0.25) is 0 Å². The number of aromatic nitrogens is 2. The molecule has 2 N–H and O–H groups in total. The van der Waals surface area contributed by atoms with Gasteiger partial charge in [-0.15, -0.1) is 0 Å². The molecule has 2 heterocycles. The van der Waals surface area contributed by atoms with Crippen molar-refractivity contribution in [2.45, 2.75) is 25.8 Å². The number of ether oxygens (including phenoxy) is 1. The van der Waals surface area contributed by atoms with Crippen LogP contribution in [-0.2, 0) is 17.7 Å². The smallest absolute Gasteiger partial charge is 0.291 e. The standard InChI is InChI=1S/C20H27N5O3/c1-24(2)15-9-7-14(8-10-15)22-20(27)18-23-17(19(26)21-11-13-28-3)16-6-4-5-12-25(16)18/h7-10H,4-6,11-13H2,1-3H3,(H,21,26)(H,22,27). The van der Waals surface area contributed by atoms with Gasteiger partial charge in [0.05, 0.1) is 12.3 Å². The minimum atomic E-state index is -0.309. The summed E-state index contributed by atoms with van der Waals surface area (Å²) in [5, 5.41) is 5.68. The third-order valence-electron chi connectivity index (χ3n) is 4.77. The Bertz CT molecular complexity index is 842. The average Bonchev–Trinajstić information content (AvgIpc) is 3.08. The first kappa shape index (κ1) is 19.9. The normalized spacial score (nSPS) is 13.0. The van der Waals surface area contributed by atoms with E-state index in [4.69, 9.17) is 4.74 Å². The molecular weight excluding hydrogens is 358 g/mol. The monoisotopic (exact) mass is 385 g/mol. The van der Waals surface area contributed by atoms with Crippen molar-refractivity contribution in [3.63, 3.8) is 0 Å². The van der Waals surface area contributed by atoms with Gasteiger partial charge in [-0.25, -0.2) is 4.98 Å². The zero-order valence-corrected chi connectivity index (χ0v) is 16.6. The van der Waals surface area contributed by atoms with E-state index < -0.39 is 0 Å². The summed E-state index contributed by atoms with van der Waals surface area (Å²) < 4.78 is 6.84. The molecule has 0 saturated heterocycles. The summed E-state index contributed by atoms with van der Waals surface area (Å²) in [7, 11) is 5.51. The topological polar surface area (TPSA) is 88.5 Å². The number of carbonyl (C=O) groups excluding carboxylic acids is 2. The number of nitrogens with one attached hydrogen (secondary N) is 2. The summed E-state index contributed by atoms with van der Waals surface area (Å²) in [6, 6.07) is 7.58. The molecule has 0 atom stereocenters. The van der Waals surface area contributed by atoms with Gasteiger partial charge in [-0.2, -0.15) is 0 Å². The van der Waals surface area contributed by atoms with Crippen LogP contribution in [0.15, 0.2) is 24.3 Å². The summed E-state index contributed by atoms with van der Waals surface area (Å²) in [5.74, 6) is -0.294. The van der Waals surface area contributed by atoms with Crippen molar-refractivity contribution in [2.75, 3.05) is 44.6 Å². The quantitative estimate of drug-likeness (QED) is 0.711. The highest BCUT2D eigenvalue weighted by atomic mass is 16.5. The zero-order valence-electron chi connectivity index (χ0n) is 16.6. The Morgan fingerprint density at radius 2 is 1.93 bits per heavy atom. The molecule has 28 heavy (non-hydrogen) atoms. The number of fused-ring (bicyclic) bond motifs is 1. The second kappa shape index (κ2) is 8.88. The van der Waals surface area contributed by atoms with Crippen molar-refractivity contribution in [2.24, 2.45) is 0 Å². The lowest BCUT2D eigenvalue weighted by Gasteiger charge is -2.17. The minimum Gasteiger partial charge on any atom is -0.383 e. The van der Waals surface area contributed by atoms with Crippen LogP contribution in [0.3, 0.4) is 0 Å². The maximum atomic E-state index is 12.8. The molecule has 0 radical (unpaired) electrons. The number of methoxy groups -OCH3 is 1. The predicted octanol–water partition coefficient (Wildman–Crippen LogP) is 1.91. The lowest BCUT2D eigenvalue weighted by Crippen LogP contribution is -2.28. The van der Waals surface area contributed by atoms with E-state index in [1.54, 1.807) is 7.11 Å². The summed E-state index contributed by atoms with van der Waals surface area (Å²) in [4.78, 5) is 31.7. The van der Waals surface area contributed by atoms with Gasteiger partial charge < -0.3 is 24.8 Å². The Hall–Kier alpha value is -2.87. The fraction of sp³-hybridized carbons (Fsp3) is 0.450. The summed E-state index contributed by atoms with van der Waals surface area (Å²) in [6.07, 6.45) is 2.69. The van der Waals surface area contributed by atoms with Gasteiger partial charge in [0.15, 0.2) is 5.82 Å². The number of carbonyl (C=O) groups is 2. The average molecular weight is 385 g/mol. The Morgan fingerprint density at radius 1 is 1.18 bits per heavy atom. The first-order valence-electron chi connectivity index (χ1n) is 9.46. The maximum Gasteiger partial charge on any atom is 0.291 e. The van der Waals surface area contributed by atoms with Crippen LogP contribution < -0.4 is 15.5 Å². The molecule has 8 nitrogen and oxygen atoms in total. The largest absolute Gasteiger partial charge is 0.383 e. The fourth-order valence-electron chi connectivity index (χ4n) is 3.28. The van der Waals surface area contributed by atoms with Crippen molar-refractivity contribution in [1.29, 1.82) is 0 Å². The Labute approximate surface area is 164 Å². The summed E-state index contributed by atoms with van der Waals surface area (Å²) >= 11 is 0. The zero-order chi connectivity index (χ0) is 20.1. The van der Waals surface area contributed by atoms with Crippen LogP contribution in [0.1, 0.15) is 39.6 Å². The van der Waals surface area contributed by atoms with Crippen LogP contribution in [0.25, 0.3) is 0 Å². The molecule has 1 aliphatic rings. The Balaban J connectivity index is 1.80. The molecule has 0 fully saturated rings. The SMILES string of the molecule is COCCNC(=O)c1nc(C(=O)Nc2ccc(N(C)C)cc2)n2c1CCCC2. The molecule has 0 bridgehead atoms. The molecule has 3 rings (SSSR count). The molecule has 1 aromatic carbocycles. The number of amides is 2. The molecule has 8 heteroatoms. The number of imidazole rings is 1. The fourth-order valence-corrected chi connectivity index (χ4v) is 3.28. The lowest BCUT2D eigenvalue weighted by molar-refractivity contribution is 0.0931. The molecular formula is C20H27N5O3. The summed E-state index contributed by atoms with van der Waals surface area (Å²) in [6.45, 7) is 1.52. The van der Waals surface area contributed by atoms with Crippen LogP contribution in [0, 0.1) is 0 Å². The molecule has 0 unspecified atom stereocenters. The molecule has 2 aromatic rings. The Kier molecular flexibility index (Phi) is 6.30. The second-order valence-electron chi connectivity index (χ2n) is 6.98. The van der Waals surface area contributed by atoms with Crippen LogP contribution in [0.4, 0.5) is 11.4 Å². The third kappa shape index (κ3) is 4.33. The van der Waals surface area contributed by atoms with E-state index >= 15 is 0 Å². The van der Waals surface area contributed by atoms with Crippen molar-refractivity contribution in [1.82, 2.24) is 14.9 Å². The highest BCUT2D eigenvalue weighted by Crippen LogP contribution is 2.22. The number of benzene rings is 1. The number of nitrogens with zero attached hydrogens (tertiary/aromatic N) is 3. The molecule has 1 aromatic heterocycles. The first-order chi connectivity index (χ1) is 13.5. The summed E-state index contributed by atoms with van der Waals surface area (Å²) in [5.41, 5.74) is 2.90. The van der Waals surface area contributed by atoms with Crippen molar-refractivity contribution in [3.05, 3.63) is 41.5 Å². The molecule has 0 saturated carbocycles.